The van der Waals surface area contributed by atoms with Crippen LogP contribution in [-0.4, -0.2) is 13.2 Å². The van der Waals surface area contributed by atoms with Crippen LogP contribution in [0.25, 0.3) is 0 Å². The van der Waals surface area contributed by atoms with E-state index in [1.807, 2.05) is 6.07 Å². The molecule has 0 aromatic heterocycles. The molecule has 1 heterocycles. The molecule has 3 nitrogen and oxygen atoms in total. The molecule has 16 heavy (non-hydrogen) atoms. The molecule has 2 aliphatic rings. The second kappa shape index (κ2) is 3.37. The van der Waals surface area contributed by atoms with E-state index in [9.17, 15) is 0 Å². The van der Waals surface area contributed by atoms with Crippen molar-refractivity contribution in [1.29, 1.82) is 0 Å². The minimum atomic E-state index is -0.154. The van der Waals surface area contributed by atoms with Gasteiger partial charge in [-0.15, -0.1) is 0 Å². The molecule has 0 atom stereocenters. The molecule has 0 spiro atoms. The number of aryl methyl sites for hydroxylation is 1. The number of benzene rings is 1. The molecule has 2 N–H and O–H groups in total. The van der Waals surface area contributed by atoms with Crippen molar-refractivity contribution in [3.05, 3.63) is 21.7 Å². The summed E-state index contributed by atoms with van der Waals surface area (Å²) in [5, 5.41) is 0. The fourth-order valence-electron chi connectivity index (χ4n) is 2.26. The molecule has 0 radical (unpaired) electrons. The minimum absolute atomic E-state index is 0.154. The zero-order chi connectivity index (χ0) is 11.3. The van der Waals surface area contributed by atoms with E-state index in [-0.39, 0.29) is 5.54 Å². The molecule has 1 aliphatic carbocycles. The third-order valence-electron chi connectivity index (χ3n) is 3.26. The maximum atomic E-state index is 6.28. The summed E-state index contributed by atoms with van der Waals surface area (Å²) in [6.45, 7) is 3.29. The Kier molecular flexibility index (Phi) is 2.20. The van der Waals surface area contributed by atoms with E-state index in [1.54, 1.807) is 0 Å². The summed E-state index contributed by atoms with van der Waals surface area (Å²) in [4.78, 5) is 0. The number of fused-ring (bicyclic) bond motifs is 1. The maximum absolute atomic E-state index is 6.28. The molecule has 86 valence electrons. The summed E-state index contributed by atoms with van der Waals surface area (Å²) >= 11 is 3.61. The SMILES string of the molecule is Cc1cc2c(c(Br)c1C1(N)CC1)OCCO2. The molecule has 4 heteroatoms. The van der Waals surface area contributed by atoms with Gasteiger partial charge < -0.3 is 15.2 Å². The molecule has 1 saturated carbocycles. The fraction of sp³-hybridized carbons (Fsp3) is 0.500. The normalized spacial score (nSPS) is 20.7. The van der Waals surface area contributed by atoms with Gasteiger partial charge in [-0.1, -0.05) is 0 Å². The van der Waals surface area contributed by atoms with Gasteiger partial charge in [0.15, 0.2) is 11.5 Å². The third-order valence-corrected chi connectivity index (χ3v) is 4.02. The van der Waals surface area contributed by atoms with Gasteiger partial charge in [0.25, 0.3) is 0 Å². The number of halogens is 1. The van der Waals surface area contributed by atoms with Crippen molar-refractivity contribution in [2.45, 2.75) is 25.3 Å². The predicted molar refractivity (Wildman–Crippen MR) is 65.0 cm³/mol. The van der Waals surface area contributed by atoms with E-state index in [2.05, 4.69) is 22.9 Å². The summed E-state index contributed by atoms with van der Waals surface area (Å²) in [5.41, 5.74) is 8.48. The highest BCUT2D eigenvalue weighted by molar-refractivity contribution is 9.10. The first kappa shape index (κ1) is 10.4. The first-order valence-electron chi connectivity index (χ1n) is 5.50. The lowest BCUT2D eigenvalue weighted by Crippen LogP contribution is -2.23. The molecule has 1 aliphatic heterocycles. The van der Waals surface area contributed by atoms with Crippen LogP contribution in [0.15, 0.2) is 10.5 Å². The quantitative estimate of drug-likeness (QED) is 0.861. The average Bonchev–Trinajstić information content (AvgIpc) is 2.97. The molecular formula is C12H14BrNO2. The van der Waals surface area contributed by atoms with Crippen LogP contribution < -0.4 is 15.2 Å². The Morgan fingerprint density at radius 1 is 1.31 bits per heavy atom. The predicted octanol–water partition coefficient (Wildman–Crippen LogP) is 2.48. The number of hydrogen-bond acceptors (Lipinski definition) is 3. The molecule has 0 saturated heterocycles. The van der Waals surface area contributed by atoms with E-state index < -0.39 is 0 Å². The second-order valence-electron chi connectivity index (χ2n) is 4.56. The van der Waals surface area contributed by atoms with E-state index >= 15 is 0 Å². The van der Waals surface area contributed by atoms with E-state index in [4.69, 9.17) is 15.2 Å². The third kappa shape index (κ3) is 1.44. The van der Waals surface area contributed by atoms with Crippen LogP contribution in [0.3, 0.4) is 0 Å². The Labute approximate surface area is 103 Å². The molecule has 0 bridgehead atoms. The zero-order valence-corrected chi connectivity index (χ0v) is 10.8. The Morgan fingerprint density at radius 3 is 2.69 bits per heavy atom. The number of nitrogens with two attached hydrogens (primary N) is 1. The van der Waals surface area contributed by atoms with Crippen molar-refractivity contribution in [2.75, 3.05) is 13.2 Å². The van der Waals surface area contributed by atoms with Crippen molar-refractivity contribution in [3.63, 3.8) is 0 Å². The lowest BCUT2D eigenvalue weighted by atomic mass is 9.99. The molecule has 0 unspecified atom stereocenters. The van der Waals surface area contributed by atoms with Crippen LogP contribution in [0.2, 0.25) is 0 Å². The van der Waals surface area contributed by atoms with E-state index in [0.717, 1.165) is 28.8 Å². The summed E-state index contributed by atoms with van der Waals surface area (Å²) in [5.74, 6) is 1.63. The van der Waals surface area contributed by atoms with Gasteiger partial charge in [0, 0.05) is 5.54 Å². The van der Waals surface area contributed by atoms with Crippen LogP contribution in [-0.2, 0) is 5.54 Å². The Morgan fingerprint density at radius 2 is 2.00 bits per heavy atom. The highest BCUT2D eigenvalue weighted by atomic mass is 79.9. The summed E-state index contributed by atoms with van der Waals surface area (Å²) in [6.07, 6.45) is 2.10. The lowest BCUT2D eigenvalue weighted by molar-refractivity contribution is 0.170. The van der Waals surface area contributed by atoms with Crippen LogP contribution in [0.4, 0.5) is 0 Å². The van der Waals surface area contributed by atoms with Gasteiger partial charge in [-0.25, -0.2) is 0 Å². The van der Waals surface area contributed by atoms with Crippen LogP contribution >= 0.6 is 15.9 Å². The largest absolute Gasteiger partial charge is 0.486 e. The van der Waals surface area contributed by atoms with Gasteiger partial charge in [-0.2, -0.15) is 0 Å². The van der Waals surface area contributed by atoms with Crippen molar-refractivity contribution in [1.82, 2.24) is 0 Å². The number of hydrogen-bond donors (Lipinski definition) is 1. The summed E-state index contributed by atoms with van der Waals surface area (Å²) in [7, 11) is 0. The molecule has 1 aromatic carbocycles. The molecule has 0 amide bonds. The molecule has 3 rings (SSSR count). The average molecular weight is 284 g/mol. The first-order valence-corrected chi connectivity index (χ1v) is 6.29. The molecule has 1 aromatic rings. The van der Waals surface area contributed by atoms with Crippen LogP contribution in [0.5, 0.6) is 11.5 Å². The lowest BCUT2D eigenvalue weighted by Gasteiger charge is -2.24. The van der Waals surface area contributed by atoms with Gasteiger partial charge in [-0.05, 0) is 52.9 Å². The van der Waals surface area contributed by atoms with Gasteiger partial charge in [-0.3, -0.25) is 0 Å². The van der Waals surface area contributed by atoms with Crippen LogP contribution in [0, 0.1) is 6.92 Å². The van der Waals surface area contributed by atoms with Crippen molar-refractivity contribution in [2.24, 2.45) is 5.73 Å². The monoisotopic (exact) mass is 283 g/mol. The Balaban J connectivity index is 2.18. The summed E-state index contributed by atoms with van der Waals surface area (Å²) in [6, 6.07) is 2.03. The smallest absolute Gasteiger partial charge is 0.175 e. The molecule has 1 fully saturated rings. The standard InChI is InChI=1S/C12H14BrNO2/c1-7-6-8-11(16-5-4-15-8)10(13)9(7)12(14)2-3-12/h6H,2-5,14H2,1H3. The van der Waals surface area contributed by atoms with Crippen molar-refractivity contribution >= 4 is 15.9 Å². The highest BCUT2D eigenvalue weighted by Gasteiger charge is 2.43. The van der Waals surface area contributed by atoms with Gasteiger partial charge in [0.2, 0.25) is 0 Å². The van der Waals surface area contributed by atoms with E-state index in [0.29, 0.717) is 13.2 Å². The Bertz CT molecular complexity index is 455. The van der Waals surface area contributed by atoms with Gasteiger partial charge in [0.05, 0.1) is 4.47 Å². The van der Waals surface area contributed by atoms with Gasteiger partial charge >= 0.3 is 0 Å². The highest BCUT2D eigenvalue weighted by Crippen LogP contribution is 2.52. The van der Waals surface area contributed by atoms with Crippen LogP contribution in [0.1, 0.15) is 24.0 Å². The number of rotatable bonds is 1. The minimum Gasteiger partial charge on any atom is -0.486 e. The summed E-state index contributed by atoms with van der Waals surface area (Å²) < 4.78 is 12.2. The Hall–Kier alpha value is -0.740. The topological polar surface area (TPSA) is 44.5 Å². The second-order valence-corrected chi connectivity index (χ2v) is 5.36. The van der Waals surface area contributed by atoms with Crippen molar-refractivity contribution < 1.29 is 9.47 Å². The number of ether oxygens (including phenoxy) is 2. The maximum Gasteiger partial charge on any atom is 0.175 e. The van der Waals surface area contributed by atoms with Crippen molar-refractivity contribution in [3.8, 4) is 11.5 Å². The first-order chi connectivity index (χ1) is 7.62. The fourth-order valence-corrected chi connectivity index (χ4v) is 3.28. The van der Waals surface area contributed by atoms with Gasteiger partial charge in [0.1, 0.15) is 13.2 Å². The zero-order valence-electron chi connectivity index (χ0n) is 9.18. The molecular weight excluding hydrogens is 270 g/mol. The van der Waals surface area contributed by atoms with E-state index in [1.165, 1.54) is 11.1 Å².